The fourth-order valence-electron chi connectivity index (χ4n) is 2.01. The molecule has 0 aromatic heterocycles. The average molecular weight is 380 g/mol. The van der Waals surface area contributed by atoms with Crippen molar-refractivity contribution in [1.29, 1.82) is 0 Å². The number of carbonyl (C=O) groups excluding carboxylic acids is 4. The van der Waals surface area contributed by atoms with Crippen LogP contribution in [-0.2, 0) is 14.3 Å². The molecule has 0 saturated carbocycles. The third-order valence-electron chi connectivity index (χ3n) is 3.18. The van der Waals surface area contributed by atoms with Gasteiger partial charge in [0.2, 0.25) is 0 Å². The zero-order valence-electron chi connectivity index (χ0n) is 15.8. The molecule has 1 aromatic carbocycles. The van der Waals surface area contributed by atoms with Gasteiger partial charge in [0.25, 0.3) is 5.91 Å². The Bertz CT molecular complexity index is 667. The van der Waals surface area contributed by atoms with Gasteiger partial charge in [-0.3, -0.25) is 10.1 Å². The maximum Gasteiger partial charge on any atom is 0.338 e. The van der Waals surface area contributed by atoms with Crippen LogP contribution in [0.5, 0.6) is 5.75 Å². The fourth-order valence-corrected chi connectivity index (χ4v) is 2.01. The minimum Gasteiger partial charge on any atom is -0.481 e. The highest BCUT2D eigenvalue weighted by Gasteiger charge is 2.20. The SMILES string of the molecule is CCNC(=O)NC(=O)[C@H](C)Oc1cc(C(=O)OCC)cc(C(=O)OCC)c1. The molecule has 148 valence electrons. The summed E-state index contributed by atoms with van der Waals surface area (Å²) < 4.78 is 15.3. The molecule has 0 aliphatic heterocycles. The number of ether oxygens (including phenoxy) is 3. The number of hydrogen-bond acceptors (Lipinski definition) is 7. The van der Waals surface area contributed by atoms with Crippen LogP contribution in [-0.4, -0.2) is 49.7 Å². The Labute approximate surface area is 157 Å². The highest BCUT2D eigenvalue weighted by Crippen LogP contribution is 2.20. The first-order valence-corrected chi connectivity index (χ1v) is 8.56. The lowest BCUT2D eigenvalue weighted by atomic mass is 10.1. The van der Waals surface area contributed by atoms with E-state index in [1.54, 1.807) is 20.8 Å². The van der Waals surface area contributed by atoms with Gasteiger partial charge in [-0.25, -0.2) is 14.4 Å². The molecule has 0 heterocycles. The topological polar surface area (TPSA) is 120 Å². The largest absolute Gasteiger partial charge is 0.481 e. The van der Waals surface area contributed by atoms with E-state index in [-0.39, 0.29) is 30.1 Å². The van der Waals surface area contributed by atoms with E-state index in [1.807, 2.05) is 0 Å². The third kappa shape index (κ3) is 6.96. The van der Waals surface area contributed by atoms with Crippen LogP contribution < -0.4 is 15.4 Å². The predicted octanol–water partition coefficient (Wildman–Crippen LogP) is 1.65. The highest BCUT2D eigenvalue weighted by atomic mass is 16.5. The van der Waals surface area contributed by atoms with E-state index in [4.69, 9.17) is 14.2 Å². The molecule has 9 nitrogen and oxygen atoms in total. The Hall–Kier alpha value is -3.10. The van der Waals surface area contributed by atoms with Crippen LogP contribution in [0.1, 0.15) is 48.4 Å². The Morgan fingerprint density at radius 3 is 1.89 bits per heavy atom. The summed E-state index contributed by atoms with van der Waals surface area (Å²) in [6.07, 6.45) is -1.06. The predicted molar refractivity (Wildman–Crippen MR) is 95.7 cm³/mol. The van der Waals surface area contributed by atoms with E-state index < -0.39 is 30.0 Å². The molecule has 0 radical (unpaired) electrons. The highest BCUT2D eigenvalue weighted by molar-refractivity contribution is 5.97. The van der Waals surface area contributed by atoms with Gasteiger partial charge in [0.1, 0.15) is 5.75 Å². The lowest BCUT2D eigenvalue weighted by Gasteiger charge is -2.16. The van der Waals surface area contributed by atoms with E-state index in [1.165, 1.54) is 25.1 Å². The molecule has 9 heteroatoms. The average Bonchev–Trinajstić information content (AvgIpc) is 2.61. The van der Waals surface area contributed by atoms with Crippen molar-refractivity contribution in [2.75, 3.05) is 19.8 Å². The first-order chi connectivity index (χ1) is 12.8. The Kier molecular flexibility index (Phi) is 8.77. The molecule has 3 amide bonds. The van der Waals surface area contributed by atoms with Crippen molar-refractivity contribution in [2.45, 2.75) is 33.8 Å². The number of benzene rings is 1. The number of rotatable bonds is 8. The molecule has 0 spiro atoms. The number of hydrogen-bond donors (Lipinski definition) is 2. The van der Waals surface area contributed by atoms with E-state index in [9.17, 15) is 19.2 Å². The molecule has 1 rings (SSSR count). The van der Waals surface area contributed by atoms with Crippen LogP contribution >= 0.6 is 0 Å². The summed E-state index contributed by atoms with van der Waals surface area (Å²) in [7, 11) is 0. The van der Waals surface area contributed by atoms with Gasteiger partial charge in [0, 0.05) is 6.54 Å². The monoisotopic (exact) mass is 380 g/mol. The zero-order valence-corrected chi connectivity index (χ0v) is 15.8. The summed E-state index contributed by atoms with van der Waals surface area (Å²) in [5.41, 5.74) is 0.155. The van der Waals surface area contributed by atoms with Crippen LogP contribution in [0.25, 0.3) is 0 Å². The quantitative estimate of drug-likeness (QED) is 0.658. The van der Waals surface area contributed by atoms with Crippen molar-refractivity contribution in [3.63, 3.8) is 0 Å². The molecule has 0 unspecified atom stereocenters. The van der Waals surface area contributed by atoms with E-state index >= 15 is 0 Å². The second kappa shape index (κ2) is 10.8. The van der Waals surface area contributed by atoms with E-state index in [0.29, 0.717) is 6.54 Å². The van der Waals surface area contributed by atoms with Gasteiger partial charge >= 0.3 is 18.0 Å². The first kappa shape index (κ1) is 21.9. The normalized spacial score (nSPS) is 11.1. The molecular formula is C18H24N2O7. The third-order valence-corrected chi connectivity index (χ3v) is 3.18. The molecule has 27 heavy (non-hydrogen) atoms. The molecule has 0 aliphatic rings. The summed E-state index contributed by atoms with van der Waals surface area (Å²) in [6.45, 7) is 7.11. The lowest BCUT2D eigenvalue weighted by molar-refractivity contribution is -0.126. The summed E-state index contributed by atoms with van der Waals surface area (Å²) in [5, 5.41) is 4.54. The van der Waals surface area contributed by atoms with Crippen LogP contribution in [0.15, 0.2) is 18.2 Å². The number of nitrogens with one attached hydrogen (secondary N) is 2. The molecule has 1 atom stereocenters. The summed E-state index contributed by atoms with van der Waals surface area (Å²) in [4.78, 5) is 47.4. The number of carbonyl (C=O) groups is 4. The standard InChI is InChI=1S/C18H24N2O7/c1-5-19-18(24)20-15(21)11(4)27-14-9-12(16(22)25-6-2)8-13(10-14)17(23)26-7-3/h8-11H,5-7H2,1-4H3,(H2,19,20,21,24)/t11-/m0/s1. The van der Waals surface area contributed by atoms with E-state index in [2.05, 4.69) is 10.6 Å². The summed E-state index contributed by atoms with van der Waals surface area (Å²) >= 11 is 0. The molecule has 0 fully saturated rings. The van der Waals surface area contributed by atoms with Gasteiger partial charge in [0.15, 0.2) is 6.10 Å². The second-order valence-electron chi connectivity index (χ2n) is 5.30. The molecule has 0 bridgehead atoms. The first-order valence-electron chi connectivity index (χ1n) is 8.56. The van der Waals surface area contributed by atoms with Gasteiger partial charge in [0.05, 0.1) is 24.3 Å². The number of imide groups is 1. The second-order valence-corrected chi connectivity index (χ2v) is 5.30. The number of amides is 3. The smallest absolute Gasteiger partial charge is 0.338 e. The van der Waals surface area contributed by atoms with Gasteiger partial charge in [-0.15, -0.1) is 0 Å². The molecule has 0 aliphatic carbocycles. The molecular weight excluding hydrogens is 356 g/mol. The maximum atomic E-state index is 12.0. The van der Waals surface area contributed by atoms with Gasteiger partial charge in [-0.05, 0) is 45.9 Å². The molecule has 2 N–H and O–H groups in total. The lowest BCUT2D eigenvalue weighted by Crippen LogP contribution is -2.45. The van der Waals surface area contributed by atoms with Crippen molar-refractivity contribution in [1.82, 2.24) is 10.6 Å². The number of urea groups is 1. The minimum absolute atomic E-state index is 0.0775. The van der Waals surface area contributed by atoms with Crippen LogP contribution in [0.2, 0.25) is 0 Å². The van der Waals surface area contributed by atoms with Crippen molar-refractivity contribution < 1.29 is 33.4 Å². The van der Waals surface area contributed by atoms with Gasteiger partial charge in [-0.1, -0.05) is 0 Å². The van der Waals surface area contributed by atoms with Crippen molar-refractivity contribution in [2.24, 2.45) is 0 Å². The summed E-state index contributed by atoms with van der Waals surface area (Å²) in [5.74, 6) is -1.89. The van der Waals surface area contributed by atoms with Crippen LogP contribution in [0.4, 0.5) is 4.79 Å². The van der Waals surface area contributed by atoms with Crippen molar-refractivity contribution in [3.8, 4) is 5.75 Å². The van der Waals surface area contributed by atoms with Crippen LogP contribution in [0, 0.1) is 0 Å². The Morgan fingerprint density at radius 2 is 1.44 bits per heavy atom. The van der Waals surface area contributed by atoms with Crippen LogP contribution in [0.3, 0.4) is 0 Å². The fraction of sp³-hybridized carbons (Fsp3) is 0.444. The van der Waals surface area contributed by atoms with Crippen molar-refractivity contribution >= 4 is 23.9 Å². The van der Waals surface area contributed by atoms with Gasteiger partial charge < -0.3 is 19.5 Å². The maximum absolute atomic E-state index is 12.0. The Balaban J connectivity index is 3.03. The van der Waals surface area contributed by atoms with Crippen molar-refractivity contribution in [3.05, 3.63) is 29.3 Å². The van der Waals surface area contributed by atoms with Gasteiger partial charge in [-0.2, -0.15) is 0 Å². The Morgan fingerprint density at radius 1 is 0.926 bits per heavy atom. The summed E-state index contributed by atoms with van der Waals surface area (Å²) in [6, 6.07) is 3.36. The minimum atomic E-state index is -1.06. The molecule has 0 saturated heterocycles. The van der Waals surface area contributed by atoms with E-state index in [0.717, 1.165) is 0 Å². The zero-order chi connectivity index (χ0) is 20.4. The molecule has 1 aromatic rings. The number of esters is 2.